The minimum Gasteiger partial charge on any atom is -0.393 e. The summed E-state index contributed by atoms with van der Waals surface area (Å²) in [5, 5.41) is 9.56. The van der Waals surface area contributed by atoms with E-state index >= 15 is 0 Å². The van der Waals surface area contributed by atoms with Crippen molar-refractivity contribution in [1.29, 1.82) is 0 Å². The summed E-state index contributed by atoms with van der Waals surface area (Å²) in [5.74, 6) is 0. The molecule has 15 heavy (non-hydrogen) atoms. The zero-order valence-corrected chi connectivity index (χ0v) is 9.86. The van der Waals surface area contributed by atoms with Gasteiger partial charge < -0.3 is 10.0 Å². The average molecular weight is 212 g/mol. The molecular weight excluding hydrogens is 188 g/mol. The van der Waals surface area contributed by atoms with Crippen LogP contribution in [-0.2, 0) is 0 Å². The maximum Gasteiger partial charge on any atom is 0.0555 e. The molecule has 0 aromatic heterocycles. The SMILES string of the molecule is CCN1CCCN(C2CCC(O)C2)CC1. The summed E-state index contributed by atoms with van der Waals surface area (Å²) in [7, 11) is 0. The lowest BCUT2D eigenvalue weighted by atomic mass is 10.2. The summed E-state index contributed by atoms with van der Waals surface area (Å²) in [4.78, 5) is 5.14. The molecule has 1 heterocycles. The molecule has 3 heteroatoms. The Kier molecular flexibility index (Phi) is 4.00. The first-order valence-corrected chi connectivity index (χ1v) is 6.44. The second-order valence-electron chi connectivity index (χ2n) is 4.94. The number of hydrogen-bond donors (Lipinski definition) is 1. The van der Waals surface area contributed by atoms with Gasteiger partial charge in [0, 0.05) is 19.1 Å². The fourth-order valence-electron chi connectivity index (χ4n) is 2.94. The molecule has 2 atom stereocenters. The molecule has 0 aromatic carbocycles. The van der Waals surface area contributed by atoms with Gasteiger partial charge in [-0.25, -0.2) is 0 Å². The summed E-state index contributed by atoms with van der Waals surface area (Å²) in [6, 6.07) is 0.664. The molecule has 0 aromatic rings. The second kappa shape index (κ2) is 5.28. The lowest BCUT2D eigenvalue weighted by Gasteiger charge is -2.27. The first-order chi connectivity index (χ1) is 7.29. The molecule has 1 saturated heterocycles. The fourth-order valence-corrected chi connectivity index (χ4v) is 2.94. The molecule has 0 radical (unpaired) electrons. The van der Waals surface area contributed by atoms with E-state index in [1.165, 1.54) is 45.6 Å². The molecule has 2 rings (SSSR count). The first-order valence-electron chi connectivity index (χ1n) is 6.44. The van der Waals surface area contributed by atoms with E-state index in [0.717, 1.165) is 12.8 Å². The van der Waals surface area contributed by atoms with Crippen molar-refractivity contribution in [2.45, 2.75) is 44.8 Å². The first kappa shape index (κ1) is 11.4. The number of likely N-dealkylation sites (N-methyl/N-ethyl adjacent to an activating group) is 1. The topological polar surface area (TPSA) is 26.7 Å². The Labute approximate surface area is 93.1 Å². The van der Waals surface area contributed by atoms with Gasteiger partial charge in [-0.3, -0.25) is 4.90 Å². The zero-order chi connectivity index (χ0) is 10.7. The maximum absolute atomic E-state index is 9.56. The average Bonchev–Trinajstić information content (AvgIpc) is 2.54. The monoisotopic (exact) mass is 212 g/mol. The number of nitrogens with zero attached hydrogens (tertiary/aromatic N) is 2. The van der Waals surface area contributed by atoms with Gasteiger partial charge in [0.05, 0.1) is 6.10 Å². The Balaban J connectivity index is 1.83. The van der Waals surface area contributed by atoms with E-state index in [1.807, 2.05) is 0 Å². The molecule has 2 aliphatic rings. The Morgan fingerprint density at radius 2 is 2.00 bits per heavy atom. The van der Waals surface area contributed by atoms with E-state index in [2.05, 4.69) is 16.7 Å². The predicted molar refractivity (Wildman–Crippen MR) is 61.9 cm³/mol. The Bertz CT molecular complexity index is 198. The van der Waals surface area contributed by atoms with E-state index < -0.39 is 0 Å². The third-order valence-corrected chi connectivity index (χ3v) is 3.96. The number of hydrogen-bond acceptors (Lipinski definition) is 3. The van der Waals surface area contributed by atoms with Crippen LogP contribution in [0, 0.1) is 0 Å². The highest BCUT2D eigenvalue weighted by molar-refractivity contribution is 4.84. The van der Waals surface area contributed by atoms with Crippen molar-refractivity contribution in [1.82, 2.24) is 9.80 Å². The highest BCUT2D eigenvalue weighted by atomic mass is 16.3. The predicted octanol–water partition coefficient (Wildman–Crippen LogP) is 0.927. The van der Waals surface area contributed by atoms with Crippen molar-refractivity contribution in [3.63, 3.8) is 0 Å². The highest BCUT2D eigenvalue weighted by Crippen LogP contribution is 2.24. The molecule has 1 aliphatic carbocycles. The van der Waals surface area contributed by atoms with E-state index in [0.29, 0.717) is 6.04 Å². The maximum atomic E-state index is 9.56. The van der Waals surface area contributed by atoms with Crippen LogP contribution in [0.15, 0.2) is 0 Å². The van der Waals surface area contributed by atoms with Gasteiger partial charge in [-0.05, 0) is 45.3 Å². The fraction of sp³-hybridized carbons (Fsp3) is 1.00. The minimum atomic E-state index is -0.0273. The lowest BCUT2D eigenvalue weighted by molar-refractivity contribution is 0.152. The highest BCUT2D eigenvalue weighted by Gasteiger charge is 2.28. The molecule has 1 aliphatic heterocycles. The van der Waals surface area contributed by atoms with Crippen LogP contribution in [0.1, 0.15) is 32.6 Å². The van der Waals surface area contributed by atoms with Crippen molar-refractivity contribution in [3.8, 4) is 0 Å². The molecule has 2 unspecified atom stereocenters. The summed E-state index contributed by atoms with van der Waals surface area (Å²) in [6.07, 6.45) is 4.49. The van der Waals surface area contributed by atoms with Gasteiger partial charge in [0.1, 0.15) is 0 Å². The van der Waals surface area contributed by atoms with Crippen molar-refractivity contribution in [3.05, 3.63) is 0 Å². The van der Waals surface area contributed by atoms with Gasteiger partial charge in [-0.1, -0.05) is 6.92 Å². The second-order valence-corrected chi connectivity index (χ2v) is 4.94. The van der Waals surface area contributed by atoms with Crippen LogP contribution < -0.4 is 0 Å². The van der Waals surface area contributed by atoms with Crippen molar-refractivity contribution in [2.24, 2.45) is 0 Å². The molecule has 2 fully saturated rings. The van der Waals surface area contributed by atoms with E-state index in [-0.39, 0.29) is 6.10 Å². The zero-order valence-electron chi connectivity index (χ0n) is 9.86. The number of aliphatic hydroxyl groups is 1. The molecule has 1 N–H and O–H groups in total. The van der Waals surface area contributed by atoms with Crippen LogP contribution >= 0.6 is 0 Å². The quantitative estimate of drug-likeness (QED) is 0.737. The van der Waals surface area contributed by atoms with Gasteiger partial charge in [0.2, 0.25) is 0 Å². The van der Waals surface area contributed by atoms with Crippen LogP contribution in [-0.4, -0.2) is 59.8 Å². The number of aliphatic hydroxyl groups excluding tert-OH is 1. The van der Waals surface area contributed by atoms with E-state index in [4.69, 9.17) is 0 Å². The largest absolute Gasteiger partial charge is 0.393 e. The molecule has 0 amide bonds. The summed E-state index contributed by atoms with van der Waals surface area (Å²) in [6.45, 7) is 8.32. The van der Waals surface area contributed by atoms with Gasteiger partial charge in [0.25, 0.3) is 0 Å². The van der Waals surface area contributed by atoms with Crippen molar-refractivity contribution < 1.29 is 5.11 Å². The van der Waals surface area contributed by atoms with Crippen molar-refractivity contribution >= 4 is 0 Å². The van der Waals surface area contributed by atoms with Crippen LogP contribution in [0.4, 0.5) is 0 Å². The lowest BCUT2D eigenvalue weighted by Crippen LogP contribution is -2.37. The number of rotatable bonds is 2. The smallest absolute Gasteiger partial charge is 0.0555 e. The van der Waals surface area contributed by atoms with E-state index in [9.17, 15) is 5.11 Å². The Morgan fingerprint density at radius 3 is 2.67 bits per heavy atom. The normalized spacial score (nSPS) is 35.6. The van der Waals surface area contributed by atoms with Crippen LogP contribution in [0.3, 0.4) is 0 Å². The van der Waals surface area contributed by atoms with Crippen molar-refractivity contribution in [2.75, 3.05) is 32.7 Å². The van der Waals surface area contributed by atoms with Gasteiger partial charge in [-0.2, -0.15) is 0 Å². The molecule has 88 valence electrons. The molecule has 0 bridgehead atoms. The third kappa shape index (κ3) is 2.92. The van der Waals surface area contributed by atoms with Crippen LogP contribution in [0.2, 0.25) is 0 Å². The van der Waals surface area contributed by atoms with Gasteiger partial charge >= 0.3 is 0 Å². The molecule has 0 spiro atoms. The summed E-state index contributed by atoms with van der Waals surface area (Å²) >= 11 is 0. The van der Waals surface area contributed by atoms with E-state index in [1.54, 1.807) is 0 Å². The van der Waals surface area contributed by atoms with Crippen LogP contribution in [0.5, 0.6) is 0 Å². The van der Waals surface area contributed by atoms with Crippen LogP contribution in [0.25, 0.3) is 0 Å². The van der Waals surface area contributed by atoms with Gasteiger partial charge in [0.15, 0.2) is 0 Å². The summed E-state index contributed by atoms with van der Waals surface area (Å²) < 4.78 is 0. The Hall–Kier alpha value is -0.120. The van der Waals surface area contributed by atoms with Gasteiger partial charge in [-0.15, -0.1) is 0 Å². The molecule has 1 saturated carbocycles. The molecule has 3 nitrogen and oxygen atoms in total. The third-order valence-electron chi connectivity index (χ3n) is 3.96. The molecular formula is C12H24N2O. The standard InChI is InChI=1S/C12H24N2O/c1-2-13-6-3-7-14(9-8-13)11-4-5-12(15)10-11/h11-12,15H,2-10H2,1H3. The summed E-state index contributed by atoms with van der Waals surface area (Å²) in [5.41, 5.74) is 0. The Morgan fingerprint density at radius 1 is 1.13 bits per heavy atom. The minimum absolute atomic E-state index is 0.0273.